The maximum atomic E-state index is 13.4. The molecule has 1 aliphatic heterocycles. The Balaban J connectivity index is 1.91. The lowest BCUT2D eigenvalue weighted by atomic mass is 10.2. The van der Waals surface area contributed by atoms with Gasteiger partial charge in [-0.05, 0) is 24.5 Å². The average Bonchev–Trinajstić information content (AvgIpc) is 2.79. The van der Waals surface area contributed by atoms with E-state index in [9.17, 15) is 4.39 Å². The van der Waals surface area contributed by atoms with Gasteiger partial charge in [0, 0.05) is 18.0 Å². The molecule has 1 fully saturated rings. The molecule has 1 saturated heterocycles. The van der Waals surface area contributed by atoms with Crippen molar-refractivity contribution in [3.63, 3.8) is 0 Å². The van der Waals surface area contributed by atoms with E-state index < -0.39 is 0 Å². The van der Waals surface area contributed by atoms with Gasteiger partial charge in [0.25, 0.3) is 0 Å². The zero-order chi connectivity index (χ0) is 11.4. The maximum absolute atomic E-state index is 13.4. The minimum absolute atomic E-state index is 0.166. The van der Waals surface area contributed by atoms with Crippen LogP contribution in [0.15, 0.2) is 18.2 Å². The zero-order valence-corrected chi connectivity index (χ0v) is 10.5. The van der Waals surface area contributed by atoms with Crippen molar-refractivity contribution in [2.75, 3.05) is 13.2 Å². The summed E-state index contributed by atoms with van der Waals surface area (Å²) in [5.74, 6) is 0.333. The maximum Gasteiger partial charge on any atom is 0.130 e. The summed E-state index contributed by atoms with van der Waals surface area (Å²) in [5.41, 5.74) is 0.643. The lowest BCUT2D eigenvalue weighted by Crippen LogP contribution is -2.16. The molecule has 0 spiro atoms. The Morgan fingerprint density at radius 1 is 1.50 bits per heavy atom. The third-order valence-corrected chi connectivity index (χ3v) is 3.23. The van der Waals surface area contributed by atoms with Gasteiger partial charge in [-0.3, -0.25) is 0 Å². The Hall–Kier alpha value is -0.610. The molecule has 1 aliphatic rings. The standard InChI is InChI=1S/C12H14BrFO2/c13-7-9-3-4-10(6-12(9)14)16-8-11-2-1-5-15-11/h3-4,6,11H,1-2,5,7-8H2. The van der Waals surface area contributed by atoms with E-state index in [0.29, 0.717) is 23.2 Å². The summed E-state index contributed by atoms with van der Waals surface area (Å²) < 4.78 is 24.3. The molecule has 0 saturated carbocycles. The number of hydrogen-bond donors (Lipinski definition) is 0. The molecule has 1 heterocycles. The molecule has 88 valence electrons. The number of ether oxygens (including phenoxy) is 2. The smallest absolute Gasteiger partial charge is 0.130 e. The topological polar surface area (TPSA) is 18.5 Å². The second kappa shape index (κ2) is 5.64. The molecule has 2 rings (SSSR count). The highest BCUT2D eigenvalue weighted by atomic mass is 79.9. The molecule has 0 N–H and O–H groups in total. The molecular weight excluding hydrogens is 275 g/mol. The molecule has 0 amide bonds. The Labute approximate surface area is 103 Å². The second-order valence-electron chi connectivity index (χ2n) is 3.83. The summed E-state index contributed by atoms with van der Waals surface area (Å²) in [4.78, 5) is 0. The van der Waals surface area contributed by atoms with Crippen molar-refractivity contribution in [2.45, 2.75) is 24.3 Å². The molecule has 0 aliphatic carbocycles. The van der Waals surface area contributed by atoms with Gasteiger partial charge in [0.15, 0.2) is 0 Å². The molecule has 16 heavy (non-hydrogen) atoms. The van der Waals surface area contributed by atoms with Gasteiger partial charge in [-0.1, -0.05) is 22.0 Å². The van der Waals surface area contributed by atoms with Crippen LogP contribution in [-0.4, -0.2) is 19.3 Å². The van der Waals surface area contributed by atoms with Gasteiger partial charge in [0.05, 0.1) is 6.10 Å². The molecule has 1 atom stereocenters. The molecule has 4 heteroatoms. The van der Waals surface area contributed by atoms with Crippen LogP contribution in [-0.2, 0) is 10.1 Å². The molecular formula is C12H14BrFO2. The first-order valence-corrected chi connectivity index (χ1v) is 6.50. The quantitative estimate of drug-likeness (QED) is 0.792. The van der Waals surface area contributed by atoms with E-state index in [1.165, 1.54) is 6.07 Å². The van der Waals surface area contributed by atoms with Gasteiger partial charge in [-0.25, -0.2) is 4.39 Å². The molecule has 1 aromatic rings. The van der Waals surface area contributed by atoms with Crippen LogP contribution in [0.4, 0.5) is 4.39 Å². The lowest BCUT2D eigenvalue weighted by Gasteiger charge is -2.11. The SMILES string of the molecule is Fc1cc(OCC2CCCO2)ccc1CBr. The highest BCUT2D eigenvalue weighted by Gasteiger charge is 2.16. The van der Waals surface area contributed by atoms with Crippen LogP contribution in [0, 0.1) is 5.82 Å². The van der Waals surface area contributed by atoms with Crippen LogP contribution < -0.4 is 4.74 Å². The van der Waals surface area contributed by atoms with Gasteiger partial charge in [0.1, 0.15) is 18.2 Å². The van der Waals surface area contributed by atoms with E-state index in [-0.39, 0.29) is 11.9 Å². The molecule has 1 aromatic carbocycles. The Bertz CT molecular complexity index is 351. The van der Waals surface area contributed by atoms with E-state index in [1.807, 2.05) is 0 Å². The van der Waals surface area contributed by atoms with E-state index in [0.717, 1.165) is 19.4 Å². The van der Waals surface area contributed by atoms with Gasteiger partial charge in [-0.15, -0.1) is 0 Å². The zero-order valence-electron chi connectivity index (χ0n) is 8.92. The van der Waals surface area contributed by atoms with Crippen molar-refractivity contribution in [1.29, 1.82) is 0 Å². The van der Waals surface area contributed by atoms with E-state index in [1.54, 1.807) is 12.1 Å². The fraction of sp³-hybridized carbons (Fsp3) is 0.500. The number of rotatable bonds is 4. The number of halogens is 2. The first-order chi connectivity index (χ1) is 7.79. The predicted molar refractivity (Wildman–Crippen MR) is 63.5 cm³/mol. The molecule has 1 unspecified atom stereocenters. The fourth-order valence-electron chi connectivity index (χ4n) is 1.69. The van der Waals surface area contributed by atoms with Crippen molar-refractivity contribution < 1.29 is 13.9 Å². The highest BCUT2D eigenvalue weighted by Crippen LogP contribution is 2.20. The van der Waals surface area contributed by atoms with Crippen molar-refractivity contribution in [1.82, 2.24) is 0 Å². The first kappa shape index (κ1) is 11.9. The minimum atomic E-state index is -0.235. The summed E-state index contributed by atoms with van der Waals surface area (Å²) in [6.45, 7) is 1.32. The van der Waals surface area contributed by atoms with Gasteiger partial charge in [0.2, 0.25) is 0 Å². The third kappa shape index (κ3) is 2.95. The summed E-state index contributed by atoms with van der Waals surface area (Å²) in [6, 6.07) is 4.94. The van der Waals surface area contributed by atoms with E-state index >= 15 is 0 Å². The largest absolute Gasteiger partial charge is 0.491 e. The van der Waals surface area contributed by atoms with Crippen LogP contribution in [0.2, 0.25) is 0 Å². The fourth-order valence-corrected chi connectivity index (χ4v) is 2.15. The van der Waals surface area contributed by atoms with Gasteiger partial charge < -0.3 is 9.47 Å². The molecule has 0 bridgehead atoms. The van der Waals surface area contributed by atoms with E-state index in [4.69, 9.17) is 9.47 Å². The molecule has 0 aromatic heterocycles. The van der Waals surface area contributed by atoms with Crippen LogP contribution in [0.3, 0.4) is 0 Å². The van der Waals surface area contributed by atoms with Gasteiger partial charge in [-0.2, -0.15) is 0 Å². The number of alkyl halides is 1. The first-order valence-electron chi connectivity index (χ1n) is 5.38. The lowest BCUT2D eigenvalue weighted by molar-refractivity contribution is 0.0678. The minimum Gasteiger partial charge on any atom is -0.491 e. The average molecular weight is 289 g/mol. The van der Waals surface area contributed by atoms with Crippen LogP contribution in [0.1, 0.15) is 18.4 Å². The van der Waals surface area contributed by atoms with Crippen LogP contribution >= 0.6 is 15.9 Å². The van der Waals surface area contributed by atoms with Gasteiger partial charge >= 0.3 is 0 Å². The third-order valence-electron chi connectivity index (χ3n) is 2.63. The Morgan fingerprint density at radius 2 is 2.38 bits per heavy atom. The van der Waals surface area contributed by atoms with Crippen molar-refractivity contribution in [3.05, 3.63) is 29.6 Å². The summed E-state index contributed by atoms with van der Waals surface area (Å²) >= 11 is 3.22. The Morgan fingerprint density at radius 3 is 3.00 bits per heavy atom. The van der Waals surface area contributed by atoms with Crippen molar-refractivity contribution >= 4 is 15.9 Å². The predicted octanol–water partition coefficient (Wildman–Crippen LogP) is 3.28. The highest BCUT2D eigenvalue weighted by molar-refractivity contribution is 9.08. The van der Waals surface area contributed by atoms with E-state index in [2.05, 4.69) is 15.9 Å². The normalized spacial score (nSPS) is 20.0. The van der Waals surface area contributed by atoms with Crippen molar-refractivity contribution in [3.8, 4) is 5.75 Å². The molecule has 2 nitrogen and oxygen atoms in total. The van der Waals surface area contributed by atoms with Crippen molar-refractivity contribution in [2.24, 2.45) is 0 Å². The number of hydrogen-bond acceptors (Lipinski definition) is 2. The molecule has 0 radical (unpaired) electrons. The summed E-state index contributed by atoms with van der Waals surface area (Å²) in [5, 5.41) is 0.519. The Kier molecular flexibility index (Phi) is 4.18. The monoisotopic (exact) mass is 288 g/mol. The van der Waals surface area contributed by atoms with Crippen LogP contribution in [0.5, 0.6) is 5.75 Å². The summed E-state index contributed by atoms with van der Waals surface area (Å²) in [6.07, 6.45) is 2.28. The second-order valence-corrected chi connectivity index (χ2v) is 4.39. The number of benzene rings is 1. The summed E-state index contributed by atoms with van der Waals surface area (Å²) in [7, 11) is 0. The van der Waals surface area contributed by atoms with Crippen LogP contribution in [0.25, 0.3) is 0 Å².